The molecule has 1 aliphatic carbocycles. The number of nitrogens with one attached hydrogen (secondary N) is 1. The van der Waals surface area contributed by atoms with Gasteiger partial charge in [-0.05, 0) is 42.8 Å². The van der Waals surface area contributed by atoms with Crippen LogP contribution in [-0.2, 0) is 6.54 Å². The largest absolute Gasteiger partial charge is 0.360 e. The maximum absolute atomic E-state index is 12.8. The second-order valence-corrected chi connectivity index (χ2v) is 5.30. The second-order valence-electron chi connectivity index (χ2n) is 4.91. The van der Waals surface area contributed by atoms with Crippen LogP contribution in [0.2, 0.25) is 0 Å². The summed E-state index contributed by atoms with van der Waals surface area (Å²) < 4.78 is 12.8. The molecule has 1 aromatic carbocycles. The van der Waals surface area contributed by atoms with Crippen LogP contribution in [0.1, 0.15) is 31.2 Å². The van der Waals surface area contributed by atoms with Gasteiger partial charge in [0.15, 0.2) is 5.11 Å². The van der Waals surface area contributed by atoms with Crippen molar-refractivity contribution in [3.05, 3.63) is 35.6 Å². The van der Waals surface area contributed by atoms with Crippen molar-refractivity contribution in [3.8, 4) is 0 Å². The Labute approximate surface area is 113 Å². The van der Waals surface area contributed by atoms with Crippen molar-refractivity contribution in [2.24, 2.45) is 0 Å². The lowest BCUT2D eigenvalue weighted by molar-refractivity contribution is 0.471. The molecule has 18 heavy (non-hydrogen) atoms. The van der Waals surface area contributed by atoms with Crippen LogP contribution in [0.15, 0.2) is 24.3 Å². The fourth-order valence-corrected chi connectivity index (χ4v) is 2.52. The van der Waals surface area contributed by atoms with E-state index in [4.69, 9.17) is 12.2 Å². The number of rotatable bonds is 3. The van der Waals surface area contributed by atoms with Crippen molar-refractivity contribution in [1.29, 1.82) is 0 Å². The molecule has 1 N–H and O–H groups in total. The maximum Gasteiger partial charge on any atom is 0.169 e. The molecule has 0 aliphatic heterocycles. The molecule has 0 unspecified atom stereocenters. The Morgan fingerprint density at radius 2 is 1.94 bits per heavy atom. The van der Waals surface area contributed by atoms with E-state index in [0.29, 0.717) is 12.6 Å². The Morgan fingerprint density at radius 3 is 2.56 bits per heavy atom. The summed E-state index contributed by atoms with van der Waals surface area (Å²) in [5.74, 6) is -0.201. The SMILES string of the molecule is CN(Cc1ccc(F)cc1)C(=S)NC1CCCC1. The van der Waals surface area contributed by atoms with Gasteiger partial charge >= 0.3 is 0 Å². The number of hydrogen-bond donors (Lipinski definition) is 1. The lowest BCUT2D eigenvalue weighted by Crippen LogP contribution is -2.41. The zero-order valence-corrected chi connectivity index (χ0v) is 11.5. The Balaban J connectivity index is 1.84. The smallest absolute Gasteiger partial charge is 0.169 e. The van der Waals surface area contributed by atoms with E-state index in [0.717, 1.165) is 10.7 Å². The highest BCUT2D eigenvalue weighted by atomic mass is 32.1. The van der Waals surface area contributed by atoms with Gasteiger partial charge in [-0.2, -0.15) is 0 Å². The van der Waals surface area contributed by atoms with Gasteiger partial charge in [0.2, 0.25) is 0 Å². The van der Waals surface area contributed by atoms with Gasteiger partial charge in [0.1, 0.15) is 5.82 Å². The maximum atomic E-state index is 12.8. The summed E-state index contributed by atoms with van der Waals surface area (Å²) >= 11 is 5.38. The molecule has 1 saturated carbocycles. The summed E-state index contributed by atoms with van der Waals surface area (Å²) in [6.45, 7) is 0.707. The first kappa shape index (κ1) is 13.3. The van der Waals surface area contributed by atoms with E-state index < -0.39 is 0 Å². The van der Waals surface area contributed by atoms with Crippen LogP contribution in [0.5, 0.6) is 0 Å². The van der Waals surface area contributed by atoms with Crippen molar-refractivity contribution in [1.82, 2.24) is 10.2 Å². The van der Waals surface area contributed by atoms with Gasteiger partial charge in [-0.3, -0.25) is 0 Å². The third kappa shape index (κ3) is 3.67. The molecule has 0 amide bonds. The average molecular weight is 266 g/mol. The Morgan fingerprint density at radius 1 is 1.33 bits per heavy atom. The van der Waals surface area contributed by atoms with E-state index in [9.17, 15) is 4.39 Å². The van der Waals surface area contributed by atoms with Crippen molar-refractivity contribution >= 4 is 17.3 Å². The summed E-state index contributed by atoms with van der Waals surface area (Å²) in [4.78, 5) is 2.00. The molecule has 98 valence electrons. The number of nitrogens with zero attached hydrogens (tertiary/aromatic N) is 1. The zero-order valence-electron chi connectivity index (χ0n) is 10.7. The fraction of sp³-hybridized carbons (Fsp3) is 0.500. The molecule has 0 radical (unpaired) electrons. The molecule has 0 saturated heterocycles. The van der Waals surface area contributed by atoms with Gasteiger partial charge in [-0.25, -0.2) is 4.39 Å². The number of thiocarbonyl (C=S) groups is 1. The van der Waals surface area contributed by atoms with Crippen LogP contribution < -0.4 is 5.32 Å². The summed E-state index contributed by atoms with van der Waals surface area (Å²) in [6, 6.07) is 7.09. The number of halogens is 1. The van der Waals surface area contributed by atoms with E-state index >= 15 is 0 Å². The normalized spacial score (nSPS) is 15.7. The minimum Gasteiger partial charge on any atom is -0.360 e. The standard InChI is InChI=1S/C14H19FN2S/c1-17(10-11-6-8-12(15)9-7-11)14(18)16-13-4-2-3-5-13/h6-9,13H,2-5,10H2,1H3,(H,16,18). The predicted octanol–water partition coefficient (Wildman–Crippen LogP) is 3.07. The van der Waals surface area contributed by atoms with E-state index in [1.165, 1.54) is 37.8 Å². The Kier molecular flexibility index (Phi) is 4.53. The van der Waals surface area contributed by atoms with Crippen molar-refractivity contribution in [2.45, 2.75) is 38.3 Å². The Hall–Kier alpha value is -1.16. The minimum absolute atomic E-state index is 0.201. The zero-order chi connectivity index (χ0) is 13.0. The third-order valence-corrected chi connectivity index (χ3v) is 3.79. The lowest BCUT2D eigenvalue weighted by atomic mass is 10.2. The van der Waals surface area contributed by atoms with E-state index in [1.807, 2.05) is 11.9 Å². The molecule has 1 aromatic rings. The first-order valence-corrected chi connectivity index (χ1v) is 6.82. The molecule has 1 aliphatic rings. The second kappa shape index (κ2) is 6.14. The predicted molar refractivity (Wildman–Crippen MR) is 75.9 cm³/mol. The molecule has 0 atom stereocenters. The topological polar surface area (TPSA) is 15.3 Å². The van der Waals surface area contributed by atoms with Gasteiger partial charge < -0.3 is 10.2 Å². The van der Waals surface area contributed by atoms with Gasteiger partial charge in [0, 0.05) is 19.6 Å². The molecule has 1 fully saturated rings. The highest BCUT2D eigenvalue weighted by molar-refractivity contribution is 7.80. The summed E-state index contributed by atoms with van der Waals surface area (Å²) in [6.07, 6.45) is 5.01. The fourth-order valence-electron chi connectivity index (χ4n) is 2.29. The summed E-state index contributed by atoms with van der Waals surface area (Å²) in [5.41, 5.74) is 1.06. The van der Waals surface area contributed by atoms with E-state index in [2.05, 4.69) is 5.32 Å². The molecule has 0 spiro atoms. The van der Waals surface area contributed by atoms with Crippen LogP contribution in [-0.4, -0.2) is 23.1 Å². The van der Waals surface area contributed by atoms with Crippen LogP contribution in [0.25, 0.3) is 0 Å². The molecule has 4 heteroatoms. The minimum atomic E-state index is -0.201. The number of hydrogen-bond acceptors (Lipinski definition) is 1. The monoisotopic (exact) mass is 266 g/mol. The van der Waals surface area contributed by atoms with Gasteiger partial charge in [0.05, 0.1) is 0 Å². The molecule has 2 nitrogen and oxygen atoms in total. The van der Waals surface area contributed by atoms with E-state index in [1.54, 1.807) is 12.1 Å². The lowest BCUT2D eigenvalue weighted by Gasteiger charge is -2.24. The van der Waals surface area contributed by atoms with E-state index in [-0.39, 0.29) is 5.82 Å². The Bertz CT molecular complexity index is 399. The molecular formula is C14H19FN2S. The van der Waals surface area contributed by atoms with Gasteiger partial charge in [-0.1, -0.05) is 25.0 Å². The van der Waals surface area contributed by atoms with Crippen LogP contribution in [0.3, 0.4) is 0 Å². The average Bonchev–Trinajstić information content (AvgIpc) is 2.85. The first-order valence-electron chi connectivity index (χ1n) is 6.41. The quantitative estimate of drug-likeness (QED) is 0.846. The molecular weight excluding hydrogens is 247 g/mol. The first-order chi connectivity index (χ1) is 8.65. The van der Waals surface area contributed by atoms with Crippen LogP contribution in [0, 0.1) is 5.82 Å². The molecule has 0 heterocycles. The highest BCUT2D eigenvalue weighted by Gasteiger charge is 2.16. The number of benzene rings is 1. The summed E-state index contributed by atoms with van der Waals surface area (Å²) in [7, 11) is 1.97. The van der Waals surface area contributed by atoms with Crippen molar-refractivity contribution < 1.29 is 4.39 Å². The highest BCUT2D eigenvalue weighted by Crippen LogP contribution is 2.18. The van der Waals surface area contributed by atoms with Crippen LogP contribution >= 0.6 is 12.2 Å². The van der Waals surface area contributed by atoms with Gasteiger partial charge in [-0.15, -0.1) is 0 Å². The van der Waals surface area contributed by atoms with Crippen molar-refractivity contribution in [3.63, 3.8) is 0 Å². The molecule has 2 rings (SSSR count). The van der Waals surface area contributed by atoms with Gasteiger partial charge in [0.25, 0.3) is 0 Å². The van der Waals surface area contributed by atoms with Crippen molar-refractivity contribution in [2.75, 3.05) is 7.05 Å². The van der Waals surface area contributed by atoms with Crippen LogP contribution in [0.4, 0.5) is 4.39 Å². The molecule has 0 aromatic heterocycles. The third-order valence-electron chi connectivity index (χ3n) is 3.36. The summed E-state index contributed by atoms with van der Waals surface area (Å²) in [5, 5.41) is 4.18. The molecule has 0 bridgehead atoms.